The first-order chi connectivity index (χ1) is 10.3. The predicted molar refractivity (Wildman–Crippen MR) is 84.4 cm³/mol. The van der Waals surface area contributed by atoms with Crippen LogP contribution in [-0.2, 0) is 18.2 Å². The van der Waals surface area contributed by atoms with Crippen LogP contribution in [-0.4, -0.2) is 32.8 Å². The fourth-order valence-corrected chi connectivity index (χ4v) is 1.98. The van der Waals surface area contributed by atoms with Crippen molar-refractivity contribution in [3.8, 4) is 11.3 Å². The topological polar surface area (TPSA) is 69.0 Å². The van der Waals surface area contributed by atoms with Crippen LogP contribution in [0.4, 0.5) is 4.79 Å². The molecule has 22 heavy (non-hydrogen) atoms. The SMILES string of the molecule is Cn1cc(-c2cccnc2)nc1CCNC(=O)OC(C)(C)C. The second-order valence-electron chi connectivity index (χ2n) is 6.07. The largest absolute Gasteiger partial charge is 0.444 e. The lowest BCUT2D eigenvalue weighted by Crippen LogP contribution is -2.33. The normalized spacial score (nSPS) is 11.3. The van der Waals surface area contributed by atoms with E-state index in [9.17, 15) is 4.79 Å². The summed E-state index contributed by atoms with van der Waals surface area (Å²) in [7, 11) is 1.94. The molecule has 2 aromatic heterocycles. The minimum absolute atomic E-state index is 0.408. The molecule has 0 bridgehead atoms. The van der Waals surface area contributed by atoms with Crippen molar-refractivity contribution >= 4 is 6.09 Å². The molecular formula is C16H22N4O2. The quantitative estimate of drug-likeness (QED) is 0.942. The maximum Gasteiger partial charge on any atom is 0.407 e. The summed E-state index contributed by atoms with van der Waals surface area (Å²) in [5.41, 5.74) is 1.37. The third kappa shape index (κ3) is 4.58. The van der Waals surface area contributed by atoms with E-state index >= 15 is 0 Å². The van der Waals surface area contributed by atoms with E-state index in [-0.39, 0.29) is 0 Å². The van der Waals surface area contributed by atoms with Crippen LogP contribution in [0, 0.1) is 0 Å². The molecule has 0 fully saturated rings. The van der Waals surface area contributed by atoms with E-state index in [4.69, 9.17) is 4.74 Å². The van der Waals surface area contributed by atoms with Gasteiger partial charge < -0.3 is 14.6 Å². The Labute approximate surface area is 130 Å². The zero-order valence-corrected chi connectivity index (χ0v) is 13.5. The average Bonchev–Trinajstić information content (AvgIpc) is 2.79. The van der Waals surface area contributed by atoms with E-state index < -0.39 is 11.7 Å². The van der Waals surface area contributed by atoms with Crippen molar-refractivity contribution in [1.82, 2.24) is 19.9 Å². The molecule has 0 aliphatic carbocycles. The van der Waals surface area contributed by atoms with Crippen molar-refractivity contribution in [3.05, 3.63) is 36.5 Å². The number of carbonyl (C=O) groups excluding carboxylic acids is 1. The van der Waals surface area contributed by atoms with Gasteiger partial charge in [0.15, 0.2) is 0 Å². The fraction of sp³-hybridized carbons (Fsp3) is 0.438. The van der Waals surface area contributed by atoms with Crippen LogP contribution in [0.15, 0.2) is 30.7 Å². The molecule has 118 valence electrons. The summed E-state index contributed by atoms with van der Waals surface area (Å²) in [5, 5.41) is 2.74. The number of pyridine rings is 1. The number of alkyl carbamates (subject to hydrolysis) is 1. The highest BCUT2D eigenvalue weighted by Crippen LogP contribution is 2.16. The zero-order valence-electron chi connectivity index (χ0n) is 13.5. The standard InChI is InChI=1S/C16H22N4O2/c1-16(2,3)22-15(21)18-9-7-14-19-13(11-20(14)4)12-6-5-8-17-10-12/h5-6,8,10-11H,7,9H2,1-4H3,(H,18,21). The van der Waals surface area contributed by atoms with Crippen molar-refractivity contribution in [3.63, 3.8) is 0 Å². The molecule has 0 atom stereocenters. The summed E-state index contributed by atoms with van der Waals surface area (Å²) in [6.07, 6.45) is 5.70. The number of imidazole rings is 1. The van der Waals surface area contributed by atoms with E-state index in [0.29, 0.717) is 13.0 Å². The lowest BCUT2D eigenvalue weighted by atomic mass is 10.2. The van der Waals surface area contributed by atoms with Crippen LogP contribution in [0.5, 0.6) is 0 Å². The van der Waals surface area contributed by atoms with Crippen LogP contribution < -0.4 is 5.32 Å². The Morgan fingerprint density at radius 2 is 2.18 bits per heavy atom. The number of amides is 1. The van der Waals surface area contributed by atoms with Gasteiger partial charge in [-0.15, -0.1) is 0 Å². The average molecular weight is 302 g/mol. The Hall–Kier alpha value is -2.37. The molecule has 0 aromatic carbocycles. The summed E-state index contributed by atoms with van der Waals surface area (Å²) >= 11 is 0. The van der Waals surface area contributed by atoms with E-state index in [0.717, 1.165) is 17.1 Å². The first-order valence-corrected chi connectivity index (χ1v) is 7.24. The summed E-state index contributed by atoms with van der Waals surface area (Å²) < 4.78 is 7.15. The minimum atomic E-state index is -0.485. The number of rotatable bonds is 4. The Kier molecular flexibility index (Phi) is 4.80. The second-order valence-corrected chi connectivity index (χ2v) is 6.07. The van der Waals surface area contributed by atoms with Gasteiger partial charge in [-0.2, -0.15) is 0 Å². The van der Waals surface area contributed by atoms with E-state index in [1.807, 2.05) is 50.7 Å². The number of aromatic nitrogens is 3. The molecule has 2 heterocycles. The van der Waals surface area contributed by atoms with Gasteiger partial charge in [0.1, 0.15) is 11.4 Å². The zero-order chi connectivity index (χ0) is 16.2. The predicted octanol–water partition coefficient (Wildman–Crippen LogP) is 2.55. The van der Waals surface area contributed by atoms with Crippen LogP contribution >= 0.6 is 0 Å². The highest BCUT2D eigenvalue weighted by Gasteiger charge is 2.16. The highest BCUT2D eigenvalue weighted by molar-refractivity contribution is 5.67. The van der Waals surface area contributed by atoms with E-state index in [1.165, 1.54) is 0 Å². The Morgan fingerprint density at radius 3 is 2.82 bits per heavy atom. The summed E-state index contributed by atoms with van der Waals surface area (Å²) in [5.74, 6) is 0.898. The monoisotopic (exact) mass is 302 g/mol. The smallest absolute Gasteiger partial charge is 0.407 e. The van der Waals surface area contributed by atoms with Gasteiger partial charge in [0, 0.05) is 44.2 Å². The molecule has 2 rings (SSSR count). The van der Waals surface area contributed by atoms with Gasteiger partial charge in [0.05, 0.1) is 5.69 Å². The highest BCUT2D eigenvalue weighted by atomic mass is 16.6. The molecule has 0 aliphatic rings. The van der Waals surface area contributed by atoms with E-state index in [1.54, 1.807) is 12.4 Å². The molecule has 1 N–H and O–H groups in total. The van der Waals surface area contributed by atoms with Crippen LogP contribution in [0.2, 0.25) is 0 Å². The molecule has 0 saturated carbocycles. The second kappa shape index (κ2) is 6.60. The molecule has 6 nitrogen and oxygen atoms in total. The number of hydrogen-bond donors (Lipinski definition) is 1. The molecule has 0 saturated heterocycles. The van der Waals surface area contributed by atoms with Crippen molar-refractivity contribution < 1.29 is 9.53 Å². The lowest BCUT2D eigenvalue weighted by Gasteiger charge is -2.19. The molecule has 0 radical (unpaired) electrons. The molecule has 1 amide bonds. The maximum absolute atomic E-state index is 11.6. The van der Waals surface area contributed by atoms with Crippen molar-refractivity contribution in [2.75, 3.05) is 6.54 Å². The molecule has 2 aromatic rings. The number of nitrogens with one attached hydrogen (secondary N) is 1. The van der Waals surface area contributed by atoms with Gasteiger partial charge in [0.25, 0.3) is 0 Å². The Bertz CT molecular complexity index is 629. The Morgan fingerprint density at radius 1 is 1.41 bits per heavy atom. The van der Waals surface area contributed by atoms with Gasteiger partial charge in [-0.3, -0.25) is 4.98 Å². The summed E-state index contributed by atoms with van der Waals surface area (Å²) in [6, 6.07) is 3.85. The van der Waals surface area contributed by atoms with Gasteiger partial charge in [-0.05, 0) is 32.9 Å². The first kappa shape index (κ1) is 16.0. The molecular weight excluding hydrogens is 280 g/mol. The van der Waals surface area contributed by atoms with Gasteiger partial charge in [-0.1, -0.05) is 0 Å². The minimum Gasteiger partial charge on any atom is -0.444 e. The first-order valence-electron chi connectivity index (χ1n) is 7.24. The molecule has 0 aliphatic heterocycles. The molecule has 0 spiro atoms. The maximum atomic E-state index is 11.6. The summed E-state index contributed by atoms with van der Waals surface area (Å²) in [6.45, 7) is 5.99. The Balaban J connectivity index is 1.92. The van der Waals surface area contributed by atoms with E-state index in [2.05, 4.69) is 15.3 Å². The number of ether oxygens (including phenoxy) is 1. The van der Waals surface area contributed by atoms with Crippen molar-refractivity contribution in [1.29, 1.82) is 0 Å². The fourth-order valence-electron chi connectivity index (χ4n) is 1.98. The van der Waals surface area contributed by atoms with Crippen molar-refractivity contribution in [2.45, 2.75) is 32.8 Å². The number of carbonyl (C=O) groups is 1. The third-order valence-corrected chi connectivity index (χ3v) is 2.95. The summed E-state index contributed by atoms with van der Waals surface area (Å²) in [4.78, 5) is 20.3. The number of hydrogen-bond acceptors (Lipinski definition) is 4. The number of aryl methyl sites for hydroxylation is 1. The number of nitrogens with zero attached hydrogens (tertiary/aromatic N) is 3. The van der Waals surface area contributed by atoms with Gasteiger partial charge >= 0.3 is 6.09 Å². The van der Waals surface area contributed by atoms with Gasteiger partial charge in [0.2, 0.25) is 0 Å². The molecule has 0 unspecified atom stereocenters. The van der Waals surface area contributed by atoms with Crippen LogP contribution in [0.1, 0.15) is 26.6 Å². The van der Waals surface area contributed by atoms with Crippen LogP contribution in [0.3, 0.4) is 0 Å². The third-order valence-electron chi connectivity index (χ3n) is 2.95. The molecule has 6 heteroatoms. The van der Waals surface area contributed by atoms with Crippen LogP contribution in [0.25, 0.3) is 11.3 Å². The van der Waals surface area contributed by atoms with Crippen molar-refractivity contribution in [2.24, 2.45) is 7.05 Å². The van der Waals surface area contributed by atoms with Gasteiger partial charge in [-0.25, -0.2) is 9.78 Å². The lowest BCUT2D eigenvalue weighted by molar-refractivity contribution is 0.0528.